The van der Waals surface area contributed by atoms with Crippen molar-refractivity contribution < 1.29 is 9.90 Å². The number of halogens is 1. The van der Waals surface area contributed by atoms with E-state index in [2.05, 4.69) is 15.3 Å². The highest BCUT2D eigenvalue weighted by Gasteiger charge is 2.65. The summed E-state index contributed by atoms with van der Waals surface area (Å²) in [5.74, 6) is 0.731. The molecule has 28 heavy (non-hydrogen) atoms. The molecular weight excluding hydrogens is 376 g/mol. The fourth-order valence-corrected chi connectivity index (χ4v) is 4.61. The number of amides is 1. The summed E-state index contributed by atoms with van der Waals surface area (Å²) in [6.45, 7) is 1.99. The number of pyridine rings is 2. The van der Waals surface area contributed by atoms with Crippen molar-refractivity contribution in [3.8, 4) is 11.1 Å². The van der Waals surface area contributed by atoms with Gasteiger partial charge < -0.3 is 16.2 Å². The van der Waals surface area contributed by atoms with Crippen LogP contribution in [-0.4, -0.2) is 27.1 Å². The number of nitrogens with one attached hydrogen (secondary N) is 1. The van der Waals surface area contributed by atoms with Crippen LogP contribution in [0.2, 0.25) is 5.02 Å². The van der Waals surface area contributed by atoms with Crippen LogP contribution in [0.5, 0.6) is 0 Å². The predicted molar refractivity (Wildman–Crippen MR) is 109 cm³/mol. The number of aryl methyl sites for hydroxylation is 1. The zero-order valence-electron chi connectivity index (χ0n) is 15.2. The summed E-state index contributed by atoms with van der Waals surface area (Å²) >= 11 is 6.53. The van der Waals surface area contributed by atoms with E-state index in [0.29, 0.717) is 22.4 Å². The van der Waals surface area contributed by atoms with E-state index in [1.165, 1.54) is 0 Å². The van der Waals surface area contributed by atoms with Gasteiger partial charge in [0.05, 0.1) is 16.8 Å². The van der Waals surface area contributed by atoms with Crippen LogP contribution in [0.3, 0.4) is 0 Å². The fourth-order valence-electron chi connectivity index (χ4n) is 4.36. The average Bonchev–Trinajstić information content (AvgIpc) is 3.31. The summed E-state index contributed by atoms with van der Waals surface area (Å²) in [5.41, 5.74) is 9.47. The first-order valence-corrected chi connectivity index (χ1v) is 9.61. The lowest BCUT2D eigenvalue weighted by Crippen LogP contribution is -2.21. The number of aromatic nitrogens is 2. The quantitative estimate of drug-likeness (QED) is 0.591. The number of benzene rings is 1. The van der Waals surface area contributed by atoms with E-state index >= 15 is 0 Å². The summed E-state index contributed by atoms with van der Waals surface area (Å²) in [5, 5.41) is 14.6. The topological polar surface area (TPSA) is 101 Å². The molecule has 3 unspecified atom stereocenters. The molecule has 2 aromatic heterocycles. The lowest BCUT2D eigenvalue weighted by molar-refractivity contribution is -0.117. The molecule has 0 bridgehead atoms. The van der Waals surface area contributed by atoms with E-state index in [4.69, 9.17) is 17.3 Å². The molecule has 5 rings (SSSR count). The summed E-state index contributed by atoms with van der Waals surface area (Å²) < 4.78 is 0. The average molecular weight is 395 g/mol. The van der Waals surface area contributed by atoms with Crippen LogP contribution in [0.25, 0.3) is 21.9 Å². The lowest BCUT2D eigenvalue weighted by Gasteiger charge is -2.16. The highest BCUT2D eigenvalue weighted by atomic mass is 35.5. The molecule has 2 fully saturated rings. The highest BCUT2D eigenvalue weighted by Crippen LogP contribution is 2.61. The number of fused-ring (bicyclic) bond motifs is 2. The van der Waals surface area contributed by atoms with Gasteiger partial charge in [-0.25, -0.2) is 4.98 Å². The third-order valence-corrected chi connectivity index (χ3v) is 6.48. The minimum Gasteiger partial charge on any atom is -0.397 e. The molecule has 0 radical (unpaired) electrons. The molecule has 6 nitrogen and oxygen atoms in total. The van der Waals surface area contributed by atoms with Gasteiger partial charge in [0.25, 0.3) is 0 Å². The first-order valence-electron chi connectivity index (χ1n) is 9.23. The maximum Gasteiger partial charge on any atom is 0.229 e. The number of carbonyl (C=O) groups excluding carboxylic acids is 1. The van der Waals surface area contributed by atoms with E-state index in [0.717, 1.165) is 33.9 Å². The standard InChI is InChI=1S/C21H19ClN4O2/c1-9-2-3-24-7-13(9)11-4-10-5-16(25-8-14(10)20(23)19(11)22)26-21(28)18-12-6-15(27)17(12)18/h2-5,7-8,12,15,17-18,27H,6,23H2,1H3,(H,25,26,28)/t12-,15?,17?,18?/m0/s1. The molecule has 0 saturated heterocycles. The Morgan fingerprint density at radius 2 is 2.14 bits per heavy atom. The first kappa shape index (κ1) is 17.4. The monoisotopic (exact) mass is 394 g/mol. The number of nitrogens with two attached hydrogens (primary N) is 1. The minimum absolute atomic E-state index is 0.0799. The largest absolute Gasteiger partial charge is 0.397 e. The lowest BCUT2D eigenvalue weighted by atomic mass is 9.97. The van der Waals surface area contributed by atoms with Crippen LogP contribution in [0.1, 0.15) is 12.0 Å². The molecule has 0 spiro atoms. The van der Waals surface area contributed by atoms with Crippen molar-refractivity contribution in [3.05, 3.63) is 47.4 Å². The van der Waals surface area contributed by atoms with Gasteiger partial charge in [0.2, 0.25) is 5.91 Å². The van der Waals surface area contributed by atoms with Gasteiger partial charge >= 0.3 is 0 Å². The number of rotatable bonds is 3. The predicted octanol–water partition coefficient (Wildman–Crippen LogP) is 3.41. The van der Waals surface area contributed by atoms with Crippen molar-refractivity contribution in [1.29, 1.82) is 0 Å². The zero-order valence-corrected chi connectivity index (χ0v) is 15.9. The summed E-state index contributed by atoms with van der Waals surface area (Å²) in [4.78, 5) is 21.0. The molecule has 4 N–H and O–H groups in total. The van der Waals surface area contributed by atoms with Crippen LogP contribution < -0.4 is 11.1 Å². The van der Waals surface area contributed by atoms with Gasteiger partial charge in [-0.05, 0) is 48.4 Å². The number of carbonyl (C=O) groups is 1. The Morgan fingerprint density at radius 3 is 2.82 bits per heavy atom. The molecule has 4 atom stereocenters. The van der Waals surface area contributed by atoms with Crippen molar-refractivity contribution in [1.82, 2.24) is 9.97 Å². The molecule has 2 saturated carbocycles. The molecule has 2 aliphatic rings. The Hall–Kier alpha value is -2.70. The van der Waals surface area contributed by atoms with Crippen molar-refractivity contribution in [3.63, 3.8) is 0 Å². The number of anilines is 2. The fraction of sp³-hybridized carbons (Fsp3) is 0.286. The van der Waals surface area contributed by atoms with Gasteiger partial charge in [-0.1, -0.05) is 11.6 Å². The molecule has 1 aromatic carbocycles. The van der Waals surface area contributed by atoms with E-state index in [1.807, 2.05) is 19.1 Å². The number of aliphatic hydroxyl groups is 1. The second kappa shape index (κ2) is 6.15. The summed E-state index contributed by atoms with van der Waals surface area (Å²) in [7, 11) is 0. The van der Waals surface area contributed by atoms with Gasteiger partial charge in [-0.2, -0.15) is 0 Å². The number of aliphatic hydroxyl groups excluding tert-OH is 1. The van der Waals surface area contributed by atoms with Gasteiger partial charge in [-0.15, -0.1) is 0 Å². The zero-order chi connectivity index (χ0) is 19.6. The number of nitrogen functional groups attached to an aromatic ring is 1. The molecule has 2 aliphatic carbocycles. The number of hydrogen-bond acceptors (Lipinski definition) is 5. The van der Waals surface area contributed by atoms with Crippen molar-refractivity contribution in [2.24, 2.45) is 17.8 Å². The van der Waals surface area contributed by atoms with E-state index < -0.39 is 0 Å². The smallest absolute Gasteiger partial charge is 0.229 e. The number of nitrogens with zero attached hydrogens (tertiary/aromatic N) is 2. The Balaban J connectivity index is 1.51. The Labute approximate surface area is 166 Å². The summed E-state index contributed by atoms with van der Waals surface area (Å²) in [6, 6.07) is 5.67. The van der Waals surface area contributed by atoms with E-state index in [1.54, 1.807) is 24.7 Å². The third kappa shape index (κ3) is 2.56. The van der Waals surface area contributed by atoms with Crippen LogP contribution in [0, 0.1) is 24.7 Å². The van der Waals surface area contributed by atoms with Gasteiger partial charge in [0, 0.05) is 46.9 Å². The molecule has 0 aliphatic heterocycles. The van der Waals surface area contributed by atoms with Crippen LogP contribution in [0.4, 0.5) is 11.5 Å². The van der Waals surface area contributed by atoms with Crippen molar-refractivity contribution in [2.45, 2.75) is 19.4 Å². The maximum atomic E-state index is 12.5. The van der Waals surface area contributed by atoms with Gasteiger partial charge in [0.1, 0.15) is 5.82 Å². The second-order valence-corrected chi connectivity index (χ2v) is 8.07. The Morgan fingerprint density at radius 1 is 1.32 bits per heavy atom. The molecule has 7 heteroatoms. The van der Waals surface area contributed by atoms with Gasteiger partial charge in [0.15, 0.2) is 0 Å². The maximum absolute atomic E-state index is 12.5. The molecule has 2 heterocycles. The second-order valence-electron chi connectivity index (χ2n) is 7.69. The Bertz CT molecular complexity index is 1130. The van der Waals surface area contributed by atoms with Crippen LogP contribution in [0.15, 0.2) is 36.8 Å². The Kier molecular flexibility index (Phi) is 3.82. The van der Waals surface area contributed by atoms with E-state index in [-0.39, 0.29) is 23.8 Å². The minimum atomic E-state index is -0.336. The summed E-state index contributed by atoms with van der Waals surface area (Å²) in [6.07, 6.45) is 5.51. The number of hydrogen-bond donors (Lipinski definition) is 3. The third-order valence-electron chi connectivity index (χ3n) is 6.07. The highest BCUT2D eigenvalue weighted by molar-refractivity contribution is 6.37. The SMILES string of the molecule is Cc1ccncc1-c1cc2cc(NC(=O)C3C4C(O)C[C@H]34)ncc2c(N)c1Cl. The van der Waals surface area contributed by atoms with Crippen LogP contribution in [-0.2, 0) is 4.79 Å². The van der Waals surface area contributed by atoms with Crippen molar-refractivity contribution in [2.75, 3.05) is 11.1 Å². The van der Waals surface area contributed by atoms with Gasteiger partial charge in [-0.3, -0.25) is 9.78 Å². The molecule has 142 valence electrons. The molecule has 3 aromatic rings. The normalized spacial score (nSPS) is 25.1. The molecular formula is C21H19ClN4O2. The first-order chi connectivity index (χ1) is 13.5. The molecule has 1 amide bonds. The van der Waals surface area contributed by atoms with E-state index in [9.17, 15) is 9.90 Å². The van der Waals surface area contributed by atoms with Crippen LogP contribution >= 0.6 is 11.6 Å². The van der Waals surface area contributed by atoms with Crippen molar-refractivity contribution >= 4 is 39.8 Å².